The Morgan fingerprint density at radius 2 is 1.89 bits per heavy atom. The molecule has 2 N–H and O–H groups in total. The molecule has 0 aromatic heterocycles. The molecule has 1 aromatic rings. The predicted octanol–water partition coefficient (Wildman–Crippen LogP) is 1.82. The van der Waals surface area contributed by atoms with Crippen LogP contribution in [0.4, 0.5) is 13.2 Å². The van der Waals surface area contributed by atoms with Crippen LogP contribution in [0.2, 0.25) is 0 Å². The minimum absolute atomic E-state index is 0.227. The van der Waals surface area contributed by atoms with Crippen molar-refractivity contribution in [3.05, 3.63) is 35.4 Å². The summed E-state index contributed by atoms with van der Waals surface area (Å²) in [4.78, 5) is 22.4. The van der Waals surface area contributed by atoms with Gasteiger partial charge in [-0.2, -0.15) is 25.8 Å². The Bertz CT molecular complexity index is 490. The first-order valence-corrected chi connectivity index (χ1v) is 5.71. The maximum atomic E-state index is 12.7. The standard InChI is InChI=1S/C11H10F3NO3S/c12-11(13,14)7-4-2-1-3-6(7)9(16)15-8(5-19)10(17)18/h1-4,8,19H,5H2,(H,15,16)(H,17,18)/t8-/m0/s1. The Morgan fingerprint density at radius 1 is 1.32 bits per heavy atom. The van der Waals surface area contributed by atoms with Crippen molar-refractivity contribution < 1.29 is 27.9 Å². The maximum absolute atomic E-state index is 12.7. The van der Waals surface area contributed by atoms with Crippen LogP contribution in [0, 0.1) is 0 Å². The molecule has 0 heterocycles. The molecule has 8 heteroatoms. The van der Waals surface area contributed by atoms with E-state index in [-0.39, 0.29) is 5.75 Å². The smallest absolute Gasteiger partial charge is 0.417 e. The monoisotopic (exact) mass is 293 g/mol. The number of aliphatic carboxylic acids is 1. The fraction of sp³-hybridized carbons (Fsp3) is 0.273. The first-order chi connectivity index (χ1) is 8.77. The summed E-state index contributed by atoms with van der Waals surface area (Å²) in [5.74, 6) is -2.70. The quantitative estimate of drug-likeness (QED) is 0.742. The number of hydrogen-bond donors (Lipinski definition) is 3. The van der Waals surface area contributed by atoms with Crippen molar-refractivity contribution >= 4 is 24.5 Å². The SMILES string of the molecule is O=C(N[C@@H](CS)C(=O)O)c1ccccc1C(F)(F)F. The van der Waals surface area contributed by atoms with E-state index in [9.17, 15) is 22.8 Å². The number of thiol groups is 1. The molecule has 0 saturated carbocycles. The first-order valence-electron chi connectivity index (χ1n) is 5.08. The van der Waals surface area contributed by atoms with Crippen molar-refractivity contribution in [1.29, 1.82) is 0 Å². The van der Waals surface area contributed by atoms with Crippen LogP contribution in [0.3, 0.4) is 0 Å². The molecule has 1 atom stereocenters. The molecule has 1 rings (SSSR count). The van der Waals surface area contributed by atoms with Crippen LogP contribution in [0.5, 0.6) is 0 Å². The first kappa shape index (κ1) is 15.4. The number of carboxylic acids is 1. The molecule has 0 aliphatic carbocycles. The lowest BCUT2D eigenvalue weighted by Gasteiger charge is -2.15. The number of amides is 1. The van der Waals surface area contributed by atoms with E-state index in [2.05, 4.69) is 12.6 Å². The molecule has 4 nitrogen and oxygen atoms in total. The Kier molecular flexibility index (Phi) is 4.82. The highest BCUT2D eigenvalue weighted by Gasteiger charge is 2.35. The number of alkyl halides is 3. The van der Waals surface area contributed by atoms with Crippen LogP contribution in [0.25, 0.3) is 0 Å². The van der Waals surface area contributed by atoms with Crippen molar-refractivity contribution in [1.82, 2.24) is 5.32 Å². The van der Waals surface area contributed by atoms with Crippen molar-refractivity contribution in [3.63, 3.8) is 0 Å². The van der Waals surface area contributed by atoms with E-state index in [1.54, 1.807) is 0 Å². The van der Waals surface area contributed by atoms with E-state index in [1.165, 1.54) is 6.07 Å². The zero-order valence-electron chi connectivity index (χ0n) is 9.44. The fourth-order valence-electron chi connectivity index (χ4n) is 1.35. The van der Waals surface area contributed by atoms with Gasteiger partial charge >= 0.3 is 12.1 Å². The molecule has 1 aromatic carbocycles. The third kappa shape index (κ3) is 3.88. The van der Waals surface area contributed by atoms with Gasteiger partial charge in [-0.3, -0.25) is 4.79 Å². The lowest BCUT2D eigenvalue weighted by Crippen LogP contribution is -2.42. The van der Waals surface area contributed by atoms with E-state index in [0.717, 1.165) is 18.2 Å². The zero-order valence-corrected chi connectivity index (χ0v) is 10.3. The summed E-state index contributed by atoms with van der Waals surface area (Å²) < 4.78 is 38.0. The second-order valence-corrected chi connectivity index (χ2v) is 3.96. The lowest BCUT2D eigenvalue weighted by atomic mass is 10.1. The van der Waals surface area contributed by atoms with E-state index >= 15 is 0 Å². The van der Waals surface area contributed by atoms with Gasteiger partial charge in [0.2, 0.25) is 0 Å². The van der Waals surface area contributed by atoms with E-state index in [0.29, 0.717) is 0 Å². The van der Waals surface area contributed by atoms with Gasteiger partial charge in [0, 0.05) is 5.75 Å². The van der Waals surface area contributed by atoms with E-state index in [4.69, 9.17) is 5.11 Å². The molecule has 0 radical (unpaired) electrons. The highest BCUT2D eigenvalue weighted by Crippen LogP contribution is 2.31. The molecule has 0 spiro atoms. The van der Waals surface area contributed by atoms with Crippen LogP contribution in [0.15, 0.2) is 24.3 Å². The van der Waals surface area contributed by atoms with Gasteiger partial charge in [0.25, 0.3) is 5.91 Å². The lowest BCUT2D eigenvalue weighted by molar-refractivity contribution is -0.138. The second kappa shape index (κ2) is 5.96. The number of carbonyl (C=O) groups is 2. The summed E-state index contributed by atoms with van der Waals surface area (Å²) in [5.41, 5.74) is -1.74. The average Bonchev–Trinajstić information content (AvgIpc) is 2.34. The van der Waals surface area contributed by atoms with Crippen molar-refractivity contribution in [2.24, 2.45) is 0 Å². The number of carboxylic acid groups (broad SMARTS) is 1. The second-order valence-electron chi connectivity index (χ2n) is 3.59. The minimum Gasteiger partial charge on any atom is -0.480 e. The molecule has 0 unspecified atom stereocenters. The van der Waals surface area contributed by atoms with Crippen LogP contribution < -0.4 is 5.32 Å². The Hall–Kier alpha value is -1.70. The van der Waals surface area contributed by atoms with Gasteiger partial charge in [0.15, 0.2) is 0 Å². The summed E-state index contributed by atoms with van der Waals surface area (Å²) in [7, 11) is 0. The van der Waals surface area contributed by atoms with Crippen LogP contribution in [0.1, 0.15) is 15.9 Å². The third-order valence-electron chi connectivity index (χ3n) is 2.26. The minimum atomic E-state index is -4.69. The van der Waals surface area contributed by atoms with Gasteiger partial charge in [-0.1, -0.05) is 12.1 Å². The number of hydrogen-bond acceptors (Lipinski definition) is 3. The van der Waals surface area contributed by atoms with Crippen LogP contribution in [-0.2, 0) is 11.0 Å². The highest BCUT2D eigenvalue weighted by molar-refractivity contribution is 7.80. The summed E-state index contributed by atoms with van der Waals surface area (Å²) in [6, 6.07) is 2.80. The Balaban J connectivity index is 3.04. The normalized spacial score (nSPS) is 12.8. The van der Waals surface area contributed by atoms with E-state index in [1.807, 2.05) is 5.32 Å². The van der Waals surface area contributed by atoms with Gasteiger partial charge in [-0.25, -0.2) is 4.79 Å². The summed E-state index contributed by atoms with van der Waals surface area (Å²) in [6.45, 7) is 0. The summed E-state index contributed by atoms with van der Waals surface area (Å²) in [5, 5.41) is 10.7. The van der Waals surface area contributed by atoms with E-state index < -0.39 is 35.2 Å². The summed E-state index contributed by atoms with van der Waals surface area (Å²) in [6.07, 6.45) is -4.69. The van der Waals surface area contributed by atoms with Crippen LogP contribution >= 0.6 is 12.6 Å². The number of rotatable bonds is 4. The molecule has 0 fully saturated rings. The molecule has 19 heavy (non-hydrogen) atoms. The maximum Gasteiger partial charge on any atom is 0.417 e. The van der Waals surface area contributed by atoms with Crippen molar-refractivity contribution in [2.45, 2.75) is 12.2 Å². The predicted molar refractivity (Wildman–Crippen MR) is 64.2 cm³/mol. The zero-order chi connectivity index (χ0) is 14.6. The average molecular weight is 293 g/mol. The Labute approximate surface area is 112 Å². The number of benzene rings is 1. The molecule has 104 valence electrons. The van der Waals surface area contributed by atoms with Gasteiger partial charge in [-0.15, -0.1) is 0 Å². The fourth-order valence-corrected chi connectivity index (χ4v) is 1.60. The number of halogens is 3. The van der Waals surface area contributed by atoms with Gasteiger partial charge in [-0.05, 0) is 12.1 Å². The molecular formula is C11H10F3NO3S. The van der Waals surface area contributed by atoms with Crippen LogP contribution in [-0.4, -0.2) is 28.8 Å². The number of carbonyl (C=O) groups excluding carboxylic acids is 1. The molecule has 1 amide bonds. The Morgan fingerprint density at radius 3 is 2.37 bits per heavy atom. The van der Waals surface area contributed by atoms with Gasteiger partial charge in [0.05, 0.1) is 11.1 Å². The molecule has 0 aliphatic rings. The van der Waals surface area contributed by atoms with Crippen molar-refractivity contribution in [3.8, 4) is 0 Å². The highest BCUT2D eigenvalue weighted by atomic mass is 32.1. The third-order valence-corrected chi connectivity index (χ3v) is 2.63. The topological polar surface area (TPSA) is 66.4 Å². The van der Waals surface area contributed by atoms with Gasteiger partial charge < -0.3 is 10.4 Å². The molecule has 0 bridgehead atoms. The summed E-state index contributed by atoms with van der Waals surface area (Å²) >= 11 is 3.71. The number of nitrogens with one attached hydrogen (secondary N) is 1. The molecule has 0 aliphatic heterocycles. The van der Waals surface area contributed by atoms with Gasteiger partial charge in [0.1, 0.15) is 6.04 Å². The molecular weight excluding hydrogens is 283 g/mol. The molecule has 0 saturated heterocycles. The van der Waals surface area contributed by atoms with Crippen molar-refractivity contribution in [2.75, 3.05) is 5.75 Å². The largest absolute Gasteiger partial charge is 0.480 e.